The molecule has 2 aromatic rings. The highest BCUT2D eigenvalue weighted by Gasteiger charge is 2.38. The predicted octanol–water partition coefficient (Wildman–Crippen LogP) is 1.92. The first-order chi connectivity index (χ1) is 13.7. The molecule has 2 aromatic carbocycles. The third-order valence-corrected chi connectivity index (χ3v) is 8.88. The molecule has 0 saturated carbocycles. The van der Waals surface area contributed by atoms with Crippen LogP contribution in [-0.2, 0) is 19.7 Å². The number of amides is 1. The van der Waals surface area contributed by atoms with E-state index in [2.05, 4.69) is 5.32 Å². The molecule has 29 heavy (non-hydrogen) atoms. The molecular formula is C19H21NO7S2. The smallest absolute Gasteiger partial charge is 0.255 e. The van der Waals surface area contributed by atoms with E-state index in [0.29, 0.717) is 17.2 Å². The van der Waals surface area contributed by atoms with Gasteiger partial charge in [-0.3, -0.25) is 4.79 Å². The molecule has 1 N–H and O–H groups in total. The van der Waals surface area contributed by atoms with Crippen molar-refractivity contribution in [2.24, 2.45) is 0 Å². The highest BCUT2D eigenvalue weighted by molar-refractivity contribution is 7.96. The number of benzene rings is 2. The molecule has 0 aliphatic carbocycles. The minimum absolute atomic E-state index is 0.0597. The largest absolute Gasteiger partial charge is 0.497 e. The van der Waals surface area contributed by atoms with Gasteiger partial charge in [0.2, 0.25) is 0 Å². The van der Waals surface area contributed by atoms with Crippen molar-refractivity contribution in [3.8, 4) is 11.5 Å². The van der Waals surface area contributed by atoms with E-state index >= 15 is 0 Å². The fourth-order valence-electron chi connectivity index (χ4n) is 3.11. The van der Waals surface area contributed by atoms with Gasteiger partial charge in [0.05, 0.1) is 41.6 Å². The zero-order chi connectivity index (χ0) is 21.2. The number of sulfone groups is 2. The molecule has 3 rings (SSSR count). The Hall–Kier alpha value is -2.59. The van der Waals surface area contributed by atoms with Crippen molar-refractivity contribution in [1.29, 1.82) is 0 Å². The fraction of sp³-hybridized carbons (Fsp3) is 0.316. The summed E-state index contributed by atoms with van der Waals surface area (Å²) in [6.07, 6.45) is 0.0597. The van der Waals surface area contributed by atoms with Gasteiger partial charge in [0.1, 0.15) is 11.5 Å². The number of rotatable bonds is 6. The van der Waals surface area contributed by atoms with Gasteiger partial charge in [0.15, 0.2) is 19.7 Å². The molecule has 1 fully saturated rings. The molecule has 1 aliphatic heterocycles. The van der Waals surface area contributed by atoms with Gasteiger partial charge < -0.3 is 14.8 Å². The van der Waals surface area contributed by atoms with E-state index in [1.54, 1.807) is 18.2 Å². The summed E-state index contributed by atoms with van der Waals surface area (Å²) in [6.45, 7) is 0. The minimum Gasteiger partial charge on any atom is -0.497 e. The van der Waals surface area contributed by atoms with Crippen molar-refractivity contribution < 1.29 is 31.1 Å². The van der Waals surface area contributed by atoms with Gasteiger partial charge in [-0.05, 0) is 36.8 Å². The molecule has 0 aromatic heterocycles. The zero-order valence-electron chi connectivity index (χ0n) is 15.9. The van der Waals surface area contributed by atoms with Crippen LogP contribution < -0.4 is 14.8 Å². The van der Waals surface area contributed by atoms with Gasteiger partial charge in [-0.25, -0.2) is 16.8 Å². The van der Waals surface area contributed by atoms with Crippen molar-refractivity contribution >= 4 is 31.3 Å². The maximum absolute atomic E-state index is 12.8. The predicted molar refractivity (Wildman–Crippen MR) is 108 cm³/mol. The van der Waals surface area contributed by atoms with Gasteiger partial charge in [-0.1, -0.05) is 6.07 Å². The highest BCUT2D eigenvalue weighted by Crippen LogP contribution is 2.30. The lowest BCUT2D eigenvalue weighted by Gasteiger charge is -2.13. The van der Waals surface area contributed by atoms with Crippen LogP contribution in [0.5, 0.6) is 11.5 Å². The topological polar surface area (TPSA) is 116 Å². The van der Waals surface area contributed by atoms with Crippen molar-refractivity contribution in [1.82, 2.24) is 0 Å². The summed E-state index contributed by atoms with van der Waals surface area (Å²) in [5.74, 6) is -0.120. The van der Waals surface area contributed by atoms with Gasteiger partial charge in [0, 0.05) is 11.6 Å². The van der Waals surface area contributed by atoms with Crippen molar-refractivity contribution in [3.63, 3.8) is 0 Å². The summed E-state index contributed by atoms with van der Waals surface area (Å²) in [5, 5.41) is 1.69. The summed E-state index contributed by atoms with van der Waals surface area (Å²) in [7, 11) is -4.25. The second-order valence-electron chi connectivity index (χ2n) is 6.62. The molecule has 156 valence electrons. The lowest BCUT2D eigenvalue weighted by atomic mass is 10.2. The van der Waals surface area contributed by atoms with E-state index in [1.807, 2.05) is 0 Å². The average molecular weight is 440 g/mol. The van der Waals surface area contributed by atoms with Crippen LogP contribution >= 0.6 is 0 Å². The Kier molecular flexibility index (Phi) is 5.85. The first-order valence-electron chi connectivity index (χ1n) is 8.74. The lowest BCUT2D eigenvalue weighted by Crippen LogP contribution is -2.23. The quantitative estimate of drug-likeness (QED) is 0.731. The molecule has 1 amide bonds. The second-order valence-corrected chi connectivity index (χ2v) is 11.1. The van der Waals surface area contributed by atoms with E-state index in [1.165, 1.54) is 38.5 Å². The van der Waals surface area contributed by atoms with Crippen LogP contribution in [0.1, 0.15) is 16.8 Å². The van der Waals surface area contributed by atoms with Crippen LogP contribution in [0.4, 0.5) is 5.69 Å². The molecule has 1 heterocycles. The van der Waals surface area contributed by atoms with Gasteiger partial charge >= 0.3 is 0 Å². The number of carbonyl (C=O) groups excluding carboxylic acids is 1. The van der Waals surface area contributed by atoms with Crippen LogP contribution in [0.2, 0.25) is 0 Å². The Bertz CT molecular complexity index is 1140. The summed E-state index contributed by atoms with van der Waals surface area (Å²) in [5.41, 5.74) is 0.526. The lowest BCUT2D eigenvalue weighted by molar-refractivity contribution is 0.102. The molecule has 1 aliphatic rings. The summed E-state index contributed by atoms with van der Waals surface area (Å²) < 4.78 is 59.3. The monoisotopic (exact) mass is 439 g/mol. The standard InChI is InChI=1S/C19H21NO7S2/c1-26-14-6-7-17(18(11-14)27-2)20-19(21)13-4-3-5-15(10-13)29(24,25)16-8-9-28(22,23)12-16/h3-7,10-11,16H,8-9,12H2,1-2H3,(H,20,21). The highest BCUT2D eigenvalue weighted by atomic mass is 32.2. The maximum Gasteiger partial charge on any atom is 0.255 e. The maximum atomic E-state index is 12.8. The SMILES string of the molecule is COc1ccc(NC(=O)c2cccc(S(=O)(=O)C3CCS(=O)(=O)C3)c2)c(OC)c1. The first kappa shape index (κ1) is 21.1. The van der Waals surface area contributed by atoms with E-state index in [9.17, 15) is 21.6 Å². The van der Waals surface area contributed by atoms with Crippen molar-refractivity contribution in [2.75, 3.05) is 31.0 Å². The number of nitrogens with one attached hydrogen (secondary N) is 1. The normalized spacial score (nSPS) is 18.2. The van der Waals surface area contributed by atoms with E-state index in [-0.39, 0.29) is 22.6 Å². The van der Waals surface area contributed by atoms with Gasteiger partial charge in [0.25, 0.3) is 5.91 Å². The molecule has 10 heteroatoms. The number of hydrogen-bond donors (Lipinski definition) is 1. The van der Waals surface area contributed by atoms with Crippen molar-refractivity contribution in [2.45, 2.75) is 16.6 Å². The van der Waals surface area contributed by atoms with Crippen LogP contribution in [0.25, 0.3) is 0 Å². The molecule has 0 bridgehead atoms. The second kappa shape index (κ2) is 8.03. The molecule has 0 radical (unpaired) electrons. The zero-order valence-corrected chi connectivity index (χ0v) is 17.5. The molecular weight excluding hydrogens is 418 g/mol. The molecule has 1 saturated heterocycles. The molecule has 1 atom stereocenters. The Morgan fingerprint density at radius 1 is 1.10 bits per heavy atom. The van der Waals surface area contributed by atoms with E-state index < -0.39 is 36.6 Å². The van der Waals surface area contributed by atoms with Crippen LogP contribution in [0, 0.1) is 0 Å². The number of hydrogen-bond acceptors (Lipinski definition) is 7. The Balaban J connectivity index is 1.85. The summed E-state index contributed by atoms with van der Waals surface area (Å²) in [4.78, 5) is 12.6. The van der Waals surface area contributed by atoms with Crippen LogP contribution in [0.3, 0.4) is 0 Å². The van der Waals surface area contributed by atoms with Gasteiger partial charge in [-0.2, -0.15) is 0 Å². The Morgan fingerprint density at radius 2 is 1.86 bits per heavy atom. The van der Waals surface area contributed by atoms with E-state index in [0.717, 1.165) is 0 Å². The number of ether oxygens (including phenoxy) is 2. The first-order valence-corrected chi connectivity index (χ1v) is 12.1. The Labute approximate surface area is 169 Å². The minimum atomic E-state index is -3.86. The molecule has 8 nitrogen and oxygen atoms in total. The molecule has 0 spiro atoms. The van der Waals surface area contributed by atoms with Crippen LogP contribution in [0.15, 0.2) is 47.4 Å². The fourth-order valence-corrected chi connectivity index (χ4v) is 7.51. The summed E-state index contributed by atoms with van der Waals surface area (Å²) in [6, 6.07) is 10.4. The molecule has 1 unspecified atom stereocenters. The third-order valence-electron chi connectivity index (χ3n) is 4.71. The number of anilines is 1. The summed E-state index contributed by atoms with van der Waals surface area (Å²) >= 11 is 0. The number of carbonyl (C=O) groups is 1. The van der Waals surface area contributed by atoms with Crippen molar-refractivity contribution in [3.05, 3.63) is 48.0 Å². The van der Waals surface area contributed by atoms with E-state index in [4.69, 9.17) is 9.47 Å². The third kappa shape index (κ3) is 4.54. The average Bonchev–Trinajstić information content (AvgIpc) is 3.08. The number of methoxy groups -OCH3 is 2. The Morgan fingerprint density at radius 3 is 2.48 bits per heavy atom. The van der Waals surface area contributed by atoms with Crippen LogP contribution in [-0.4, -0.2) is 53.7 Å². The van der Waals surface area contributed by atoms with Gasteiger partial charge in [-0.15, -0.1) is 0 Å².